The Labute approximate surface area is 78.4 Å². The third kappa shape index (κ3) is 2.16. The van der Waals surface area contributed by atoms with Crippen LogP contribution in [0.4, 0.5) is 0 Å². The first-order valence-electron chi connectivity index (χ1n) is 4.17. The van der Waals surface area contributed by atoms with E-state index in [9.17, 15) is 0 Å². The van der Waals surface area contributed by atoms with E-state index in [-0.39, 0.29) is 4.71 Å². The molecule has 64 valence electrons. The second kappa shape index (κ2) is 3.86. The summed E-state index contributed by atoms with van der Waals surface area (Å²) >= 11 is 7.96. The molecule has 1 rings (SSSR count). The molecule has 1 aliphatic heterocycles. The van der Waals surface area contributed by atoms with Gasteiger partial charge in [0.15, 0.2) is 0 Å². The van der Waals surface area contributed by atoms with Gasteiger partial charge in [-0.3, -0.25) is 0 Å². The number of hydrogen-bond donors (Lipinski definition) is 0. The number of allylic oxidation sites excluding steroid dienone is 2. The third-order valence-corrected chi connectivity index (χ3v) is 4.05. The van der Waals surface area contributed by atoms with Crippen molar-refractivity contribution in [3.63, 3.8) is 0 Å². The molecule has 0 aromatic rings. The van der Waals surface area contributed by atoms with Crippen LogP contribution in [0.25, 0.3) is 0 Å². The first-order chi connectivity index (χ1) is 5.15. The van der Waals surface area contributed by atoms with Crippen molar-refractivity contribution in [2.75, 3.05) is 0 Å². The molecule has 0 bridgehead atoms. The second-order valence-corrected chi connectivity index (χ2v) is 5.21. The van der Waals surface area contributed by atoms with Crippen molar-refractivity contribution < 1.29 is 0 Å². The first-order valence-corrected chi connectivity index (χ1v) is 5.49. The van der Waals surface area contributed by atoms with E-state index in [1.54, 1.807) is 0 Å². The lowest BCUT2D eigenvalue weighted by Crippen LogP contribution is -2.01. The van der Waals surface area contributed by atoms with Crippen LogP contribution in [0.3, 0.4) is 0 Å². The van der Waals surface area contributed by atoms with Gasteiger partial charge < -0.3 is 0 Å². The molecule has 0 nitrogen and oxygen atoms in total. The van der Waals surface area contributed by atoms with Crippen molar-refractivity contribution in [2.45, 2.75) is 31.9 Å². The van der Waals surface area contributed by atoms with E-state index >= 15 is 0 Å². The Kier molecular flexibility index (Phi) is 3.32. The van der Waals surface area contributed by atoms with Crippen LogP contribution in [-0.4, -0.2) is 4.71 Å². The van der Waals surface area contributed by atoms with Gasteiger partial charge in [-0.1, -0.05) is 26.8 Å². The van der Waals surface area contributed by atoms with Gasteiger partial charge in [0.05, 0.1) is 4.71 Å². The predicted molar refractivity (Wildman–Crippen MR) is 53.9 cm³/mol. The molecule has 0 saturated carbocycles. The summed E-state index contributed by atoms with van der Waals surface area (Å²) in [5.41, 5.74) is 0. The molecule has 0 aliphatic carbocycles. The molecular formula is C9H15ClS. The van der Waals surface area contributed by atoms with Crippen LogP contribution in [0.15, 0.2) is 11.0 Å². The summed E-state index contributed by atoms with van der Waals surface area (Å²) in [6, 6.07) is 0. The van der Waals surface area contributed by atoms with E-state index < -0.39 is 0 Å². The summed E-state index contributed by atoms with van der Waals surface area (Å²) < 4.78 is 0.289. The van der Waals surface area contributed by atoms with Crippen molar-refractivity contribution in [3.8, 4) is 0 Å². The van der Waals surface area contributed by atoms with Crippen LogP contribution in [0.2, 0.25) is 0 Å². The second-order valence-electron chi connectivity index (χ2n) is 3.26. The largest absolute Gasteiger partial charge is 0.110 e. The molecule has 0 amide bonds. The van der Waals surface area contributed by atoms with Crippen molar-refractivity contribution in [1.82, 2.24) is 0 Å². The van der Waals surface area contributed by atoms with Crippen LogP contribution in [0.1, 0.15) is 27.2 Å². The fourth-order valence-corrected chi connectivity index (χ4v) is 2.97. The minimum absolute atomic E-state index is 0.289. The average Bonchev–Trinajstić information content (AvgIpc) is 2.31. The molecule has 0 aromatic carbocycles. The van der Waals surface area contributed by atoms with Crippen molar-refractivity contribution in [2.24, 2.45) is 11.8 Å². The molecule has 11 heavy (non-hydrogen) atoms. The van der Waals surface area contributed by atoms with Gasteiger partial charge in [0, 0.05) is 5.92 Å². The summed E-state index contributed by atoms with van der Waals surface area (Å²) in [6.07, 6.45) is 3.50. The van der Waals surface area contributed by atoms with Gasteiger partial charge in [0.25, 0.3) is 0 Å². The maximum Gasteiger partial charge on any atom is 0.0895 e. The van der Waals surface area contributed by atoms with Crippen LogP contribution >= 0.6 is 23.4 Å². The third-order valence-electron chi connectivity index (χ3n) is 2.00. The lowest BCUT2D eigenvalue weighted by molar-refractivity contribution is 0.682. The van der Waals surface area contributed by atoms with Crippen molar-refractivity contribution in [3.05, 3.63) is 11.0 Å². The number of thioether (sulfide) groups is 1. The summed E-state index contributed by atoms with van der Waals surface area (Å²) in [5.74, 6) is 1.25. The van der Waals surface area contributed by atoms with Gasteiger partial charge in [0.2, 0.25) is 0 Å². The van der Waals surface area contributed by atoms with E-state index in [1.807, 2.05) is 11.8 Å². The van der Waals surface area contributed by atoms with Gasteiger partial charge in [0.1, 0.15) is 0 Å². The van der Waals surface area contributed by atoms with Gasteiger partial charge in [-0.05, 0) is 17.2 Å². The Morgan fingerprint density at radius 2 is 2.27 bits per heavy atom. The lowest BCUT2D eigenvalue weighted by atomic mass is 10.1. The monoisotopic (exact) mass is 190 g/mol. The molecule has 0 saturated heterocycles. The predicted octanol–water partition coefficient (Wildman–Crippen LogP) is 3.86. The maximum atomic E-state index is 6.13. The number of alkyl halides is 1. The van der Waals surface area contributed by atoms with E-state index in [2.05, 4.69) is 26.8 Å². The normalized spacial score (nSPS) is 31.2. The Bertz CT molecular complexity index is 163. The topological polar surface area (TPSA) is 0 Å². The molecule has 0 spiro atoms. The van der Waals surface area contributed by atoms with Crippen LogP contribution in [-0.2, 0) is 0 Å². The number of rotatable bonds is 2. The lowest BCUT2D eigenvalue weighted by Gasteiger charge is -2.08. The highest BCUT2D eigenvalue weighted by Gasteiger charge is 2.25. The smallest absolute Gasteiger partial charge is 0.0895 e. The van der Waals surface area contributed by atoms with Crippen LogP contribution in [0.5, 0.6) is 0 Å². The Balaban J connectivity index is 2.59. The first kappa shape index (κ1) is 9.47. The molecule has 0 fully saturated rings. The molecule has 0 N–H and O–H groups in total. The zero-order valence-electron chi connectivity index (χ0n) is 7.30. The molecular weight excluding hydrogens is 176 g/mol. The van der Waals surface area contributed by atoms with Crippen molar-refractivity contribution >= 4 is 23.4 Å². The SMILES string of the molecule is CCC1C=C(C(C)C)SC1Cl. The van der Waals surface area contributed by atoms with E-state index in [4.69, 9.17) is 11.6 Å². The van der Waals surface area contributed by atoms with Gasteiger partial charge >= 0.3 is 0 Å². The van der Waals surface area contributed by atoms with Crippen LogP contribution < -0.4 is 0 Å². The number of halogens is 1. The zero-order valence-corrected chi connectivity index (χ0v) is 8.88. The Hall–Kier alpha value is 0.380. The van der Waals surface area contributed by atoms with Crippen molar-refractivity contribution in [1.29, 1.82) is 0 Å². The Morgan fingerprint density at radius 3 is 2.55 bits per heavy atom. The maximum absolute atomic E-state index is 6.13. The van der Waals surface area contributed by atoms with Crippen LogP contribution in [0, 0.1) is 11.8 Å². The standard InChI is InChI=1S/C9H15ClS/c1-4-7-5-8(6(2)3)11-9(7)10/h5-7,9H,4H2,1-3H3. The fraction of sp³-hybridized carbons (Fsp3) is 0.778. The molecule has 1 aliphatic rings. The summed E-state index contributed by atoms with van der Waals surface area (Å²) in [6.45, 7) is 6.64. The van der Waals surface area contributed by atoms with Gasteiger partial charge in [-0.25, -0.2) is 0 Å². The minimum atomic E-state index is 0.289. The molecule has 2 unspecified atom stereocenters. The van der Waals surface area contributed by atoms with Gasteiger partial charge in [-0.15, -0.1) is 23.4 Å². The highest BCUT2D eigenvalue weighted by atomic mass is 35.5. The summed E-state index contributed by atoms with van der Waals surface area (Å²) in [5, 5.41) is 0. The molecule has 2 atom stereocenters. The highest BCUT2D eigenvalue weighted by Crippen LogP contribution is 2.43. The fourth-order valence-electron chi connectivity index (χ4n) is 1.18. The summed E-state index contributed by atoms with van der Waals surface area (Å²) in [7, 11) is 0. The Morgan fingerprint density at radius 1 is 1.64 bits per heavy atom. The van der Waals surface area contributed by atoms with E-state index in [0.29, 0.717) is 11.8 Å². The summed E-state index contributed by atoms with van der Waals surface area (Å²) in [4.78, 5) is 1.47. The van der Waals surface area contributed by atoms with Gasteiger partial charge in [-0.2, -0.15) is 0 Å². The molecule has 0 aromatic heterocycles. The molecule has 1 heterocycles. The average molecular weight is 191 g/mol. The number of hydrogen-bond acceptors (Lipinski definition) is 1. The van der Waals surface area contributed by atoms with E-state index in [1.165, 1.54) is 4.91 Å². The zero-order chi connectivity index (χ0) is 8.43. The highest BCUT2D eigenvalue weighted by molar-refractivity contribution is 8.05. The quantitative estimate of drug-likeness (QED) is 0.596. The molecule has 2 heteroatoms. The molecule has 0 radical (unpaired) electrons. The minimum Gasteiger partial charge on any atom is -0.110 e. The van der Waals surface area contributed by atoms with E-state index in [0.717, 1.165) is 6.42 Å².